The van der Waals surface area contributed by atoms with Crippen LogP contribution in [-0.2, 0) is 0 Å². The number of hydrazone groups is 1. The van der Waals surface area contributed by atoms with Crippen LogP contribution in [-0.4, -0.2) is 21.0 Å². The Morgan fingerprint density at radius 1 is 0.970 bits per heavy atom. The van der Waals surface area contributed by atoms with Crippen molar-refractivity contribution in [3.63, 3.8) is 0 Å². The topological polar surface area (TPSA) is 107 Å². The summed E-state index contributed by atoms with van der Waals surface area (Å²) in [5.74, 6) is -0.315. The second kappa shape index (κ2) is 7.70. The number of phenols is 2. The number of hydrogen-bond donors (Lipinski definition) is 3. The van der Waals surface area contributed by atoms with E-state index in [-0.39, 0.29) is 29.2 Å². The van der Waals surface area contributed by atoms with E-state index in [2.05, 4.69) is 5.10 Å². The average molecular weight is 442 g/mol. The number of rotatable bonds is 3. The van der Waals surface area contributed by atoms with Crippen molar-refractivity contribution in [1.82, 2.24) is 0 Å². The Morgan fingerprint density at radius 2 is 1.70 bits per heavy atom. The van der Waals surface area contributed by atoms with E-state index in [1.54, 1.807) is 23.2 Å². The Balaban J connectivity index is 1.68. The second-order valence-corrected chi connectivity index (χ2v) is 8.24. The molecule has 1 aromatic heterocycles. The molecule has 0 saturated heterocycles. The number of aromatic hydroxyl groups is 3. The first-order valence-electron chi connectivity index (χ1n) is 10.5. The van der Waals surface area contributed by atoms with E-state index in [0.717, 1.165) is 16.8 Å². The normalized spacial score (nSPS) is 15.8. The standard InChI is InChI=1S/C26H22N2O5/c1-14-10-19-23(11-15(14)2)33-26(32)24(25(19)31)20-13-21(18-9-8-17(29)12-22(18)30)28(27-20)16-6-4-3-5-7-16/h3-12,21,29-31H,13H2,1-2H3. The lowest BCUT2D eigenvalue weighted by Crippen LogP contribution is -2.18. The van der Waals surface area contributed by atoms with Gasteiger partial charge in [0.1, 0.15) is 28.4 Å². The third-order valence-electron chi connectivity index (χ3n) is 6.09. The van der Waals surface area contributed by atoms with Gasteiger partial charge in [0, 0.05) is 18.1 Å². The number of aryl methyl sites for hydroxylation is 2. The van der Waals surface area contributed by atoms with Crippen molar-refractivity contribution in [2.24, 2.45) is 5.10 Å². The van der Waals surface area contributed by atoms with Gasteiger partial charge < -0.3 is 19.7 Å². The van der Waals surface area contributed by atoms with Gasteiger partial charge in [-0.3, -0.25) is 5.01 Å². The molecule has 0 saturated carbocycles. The number of para-hydroxylation sites is 1. The SMILES string of the molecule is Cc1cc2oc(=O)c(C3=NN(c4ccccc4)C(c4ccc(O)cc4O)C3)c(O)c2cc1C. The van der Waals surface area contributed by atoms with Gasteiger partial charge in [0.05, 0.1) is 22.8 Å². The summed E-state index contributed by atoms with van der Waals surface area (Å²) in [6.45, 7) is 3.83. The van der Waals surface area contributed by atoms with Gasteiger partial charge in [0.2, 0.25) is 0 Å². The summed E-state index contributed by atoms with van der Waals surface area (Å²) < 4.78 is 5.55. The molecule has 7 nitrogen and oxygen atoms in total. The molecule has 166 valence electrons. The highest BCUT2D eigenvalue weighted by Gasteiger charge is 2.34. The number of phenolic OH excluding ortho intramolecular Hbond substituents is 2. The van der Waals surface area contributed by atoms with E-state index in [1.165, 1.54) is 12.1 Å². The van der Waals surface area contributed by atoms with Crippen LogP contribution in [0.3, 0.4) is 0 Å². The monoisotopic (exact) mass is 442 g/mol. The molecule has 1 atom stereocenters. The lowest BCUT2D eigenvalue weighted by atomic mass is 9.96. The predicted octanol–water partition coefficient (Wildman–Crippen LogP) is 4.88. The van der Waals surface area contributed by atoms with Gasteiger partial charge in [-0.2, -0.15) is 5.10 Å². The maximum Gasteiger partial charge on any atom is 0.349 e. The van der Waals surface area contributed by atoms with Gasteiger partial charge in [-0.15, -0.1) is 0 Å². The van der Waals surface area contributed by atoms with E-state index in [0.29, 0.717) is 22.2 Å². The van der Waals surface area contributed by atoms with E-state index < -0.39 is 11.7 Å². The smallest absolute Gasteiger partial charge is 0.349 e. The fourth-order valence-electron chi connectivity index (χ4n) is 4.23. The van der Waals surface area contributed by atoms with Crippen molar-refractivity contribution < 1.29 is 19.7 Å². The van der Waals surface area contributed by atoms with Crippen LogP contribution >= 0.6 is 0 Å². The highest BCUT2D eigenvalue weighted by Crippen LogP contribution is 2.42. The first kappa shape index (κ1) is 20.6. The third-order valence-corrected chi connectivity index (χ3v) is 6.09. The summed E-state index contributed by atoms with van der Waals surface area (Å²) in [5.41, 5.74) is 3.20. The average Bonchev–Trinajstić information content (AvgIpc) is 3.20. The molecule has 3 N–H and O–H groups in total. The van der Waals surface area contributed by atoms with Crippen LogP contribution in [0, 0.1) is 13.8 Å². The zero-order valence-corrected chi connectivity index (χ0v) is 18.1. The van der Waals surface area contributed by atoms with E-state index >= 15 is 0 Å². The predicted molar refractivity (Wildman–Crippen MR) is 126 cm³/mol. The zero-order valence-electron chi connectivity index (χ0n) is 18.1. The molecule has 4 aromatic rings. The molecule has 7 heteroatoms. The summed E-state index contributed by atoms with van der Waals surface area (Å²) in [7, 11) is 0. The van der Waals surface area contributed by atoms with Gasteiger partial charge in [-0.25, -0.2) is 4.79 Å². The molecule has 0 fully saturated rings. The Labute approximate surface area is 189 Å². The molecule has 0 amide bonds. The van der Waals surface area contributed by atoms with Crippen molar-refractivity contribution in [2.45, 2.75) is 26.3 Å². The maximum atomic E-state index is 12.9. The summed E-state index contributed by atoms with van der Waals surface area (Å²) in [6.07, 6.45) is 0.238. The van der Waals surface area contributed by atoms with Crippen molar-refractivity contribution in [1.29, 1.82) is 0 Å². The number of benzene rings is 3. The zero-order chi connectivity index (χ0) is 23.3. The summed E-state index contributed by atoms with van der Waals surface area (Å²) in [4.78, 5) is 12.9. The second-order valence-electron chi connectivity index (χ2n) is 8.24. The largest absolute Gasteiger partial charge is 0.508 e. The number of hydrogen-bond acceptors (Lipinski definition) is 7. The molecule has 1 unspecified atom stereocenters. The number of anilines is 1. The molecule has 0 bridgehead atoms. The van der Waals surface area contributed by atoms with Crippen LogP contribution in [0.1, 0.15) is 34.7 Å². The first-order valence-corrected chi connectivity index (χ1v) is 10.5. The molecular formula is C26H22N2O5. The quantitative estimate of drug-likeness (QED) is 0.390. The minimum atomic E-state index is -0.675. The van der Waals surface area contributed by atoms with Crippen molar-refractivity contribution >= 4 is 22.4 Å². The molecular weight excluding hydrogens is 420 g/mol. The fourth-order valence-corrected chi connectivity index (χ4v) is 4.23. The van der Waals surface area contributed by atoms with Crippen LogP contribution in [0.5, 0.6) is 17.2 Å². The minimum absolute atomic E-state index is 0.00690. The highest BCUT2D eigenvalue weighted by molar-refractivity contribution is 6.08. The van der Waals surface area contributed by atoms with E-state index in [4.69, 9.17) is 4.42 Å². The Bertz CT molecular complexity index is 1470. The van der Waals surface area contributed by atoms with Crippen LogP contribution in [0.25, 0.3) is 11.0 Å². The Hall–Kier alpha value is -4.26. The highest BCUT2D eigenvalue weighted by atomic mass is 16.4. The molecule has 2 heterocycles. The molecule has 5 rings (SSSR count). The van der Waals surface area contributed by atoms with Crippen LogP contribution in [0.15, 0.2) is 75.0 Å². The molecule has 3 aromatic carbocycles. The van der Waals surface area contributed by atoms with Gasteiger partial charge in [0.25, 0.3) is 0 Å². The van der Waals surface area contributed by atoms with Crippen molar-refractivity contribution in [2.75, 3.05) is 5.01 Å². The molecule has 33 heavy (non-hydrogen) atoms. The molecule has 1 aliphatic heterocycles. The molecule has 0 radical (unpaired) electrons. The fraction of sp³-hybridized carbons (Fsp3) is 0.154. The van der Waals surface area contributed by atoms with Crippen LogP contribution in [0.2, 0.25) is 0 Å². The summed E-state index contributed by atoms with van der Waals surface area (Å²) >= 11 is 0. The Morgan fingerprint density at radius 3 is 2.42 bits per heavy atom. The van der Waals surface area contributed by atoms with Gasteiger partial charge >= 0.3 is 5.63 Å². The van der Waals surface area contributed by atoms with Gasteiger partial charge in [-0.05, 0) is 61.4 Å². The Kier molecular flexibility index (Phi) is 4.82. The summed E-state index contributed by atoms with van der Waals surface area (Å²) in [5, 5.41) is 38.1. The molecule has 0 aliphatic carbocycles. The van der Waals surface area contributed by atoms with Crippen molar-refractivity contribution in [3.05, 3.63) is 93.3 Å². The third kappa shape index (κ3) is 3.47. The lowest BCUT2D eigenvalue weighted by Gasteiger charge is -2.24. The van der Waals surface area contributed by atoms with Crippen molar-refractivity contribution in [3.8, 4) is 17.2 Å². The van der Waals surface area contributed by atoms with E-state index in [9.17, 15) is 20.1 Å². The summed E-state index contributed by atoms with van der Waals surface area (Å²) in [6, 6.07) is 16.8. The number of nitrogens with zero attached hydrogens (tertiary/aromatic N) is 2. The number of fused-ring (bicyclic) bond motifs is 1. The first-order chi connectivity index (χ1) is 15.8. The van der Waals surface area contributed by atoms with E-state index in [1.807, 2.05) is 44.2 Å². The lowest BCUT2D eigenvalue weighted by molar-refractivity contribution is 0.441. The minimum Gasteiger partial charge on any atom is -0.508 e. The van der Waals surface area contributed by atoms with Gasteiger partial charge in [-0.1, -0.05) is 18.2 Å². The maximum absolute atomic E-state index is 12.9. The molecule has 1 aliphatic rings. The van der Waals surface area contributed by atoms with Crippen LogP contribution < -0.4 is 10.6 Å². The van der Waals surface area contributed by atoms with Gasteiger partial charge in [0.15, 0.2) is 0 Å². The molecule has 0 spiro atoms. The van der Waals surface area contributed by atoms with Crippen LogP contribution in [0.4, 0.5) is 5.69 Å².